The largest absolute Gasteiger partial charge is 0.457 e. The van der Waals surface area contributed by atoms with Crippen LogP contribution in [0.15, 0.2) is 59.1 Å². The molecule has 3 saturated heterocycles. The molecular weight excluding hydrogens is 490 g/mol. The van der Waals surface area contributed by atoms with E-state index in [1.54, 1.807) is 7.11 Å². The first-order chi connectivity index (χ1) is 18.0. The third-order valence-corrected chi connectivity index (χ3v) is 8.89. The zero-order valence-corrected chi connectivity index (χ0v) is 21.6. The maximum atomic E-state index is 13.5. The molecule has 3 amide bonds. The van der Waals surface area contributed by atoms with Crippen LogP contribution in [0.1, 0.15) is 12.0 Å². The first-order valence-corrected chi connectivity index (χ1v) is 13.5. The molecule has 0 aromatic heterocycles. The molecule has 4 N–H and O–H groups in total. The lowest BCUT2D eigenvalue weighted by atomic mass is 9.86. The number of piperidine rings is 1. The Morgan fingerprint density at radius 2 is 1.97 bits per heavy atom. The average molecular weight is 522 g/mol. The van der Waals surface area contributed by atoms with Gasteiger partial charge in [0, 0.05) is 37.5 Å². The van der Waals surface area contributed by atoms with E-state index in [4.69, 9.17) is 9.47 Å². The Labute approximate surface area is 220 Å². The summed E-state index contributed by atoms with van der Waals surface area (Å²) in [4.78, 5) is 29.3. The number of urea groups is 1. The molecule has 6 rings (SSSR count). The van der Waals surface area contributed by atoms with Gasteiger partial charge in [-0.2, -0.15) is 0 Å². The quantitative estimate of drug-likeness (QED) is 0.464. The zero-order valence-electron chi connectivity index (χ0n) is 20.8. The molecule has 37 heavy (non-hydrogen) atoms. The van der Waals surface area contributed by atoms with Gasteiger partial charge in [-0.3, -0.25) is 9.69 Å². The summed E-state index contributed by atoms with van der Waals surface area (Å²) in [6, 6.07) is 15.1. The number of para-hydroxylation sites is 1. The first-order valence-electron chi connectivity index (χ1n) is 12.7. The summed E-state index contributed by atoms with van der Waals surface area (Å²) in [7, 11) is 1.66. The Bertz CT molecular complexity index is 1240. The smallest absolute Gasteiger partial charge is 0.326 e. The van der Waals surface area contributed by atoms with Gasteiger partial charge >= 0.3 is 6.03 Å². The molecular formula is C27H31N5O4S. The topological polar surface area (TPSA) is 104 Å². The van der Waals surface area contributed by atoms with E-state index in [1.807, 2.05) is 60.4 Å². The highest BCUT2D eigenvalue weighted by Crippen LogP contribution is 2.48. The fraction of sp³-hybridized carbons (Fsp3) is 0.407. The molecule has 194 valence electrons. The van der Waals surface area contributed by atoms with Crippen LogP contribution in [0.25, 0.3) is 0 Å². The van der Waals surface area contributed by atoms with Crippen LogP contribution >= 0.6 is 11.8 Å². The molecule has 4 aliphatic heterocycles. The van der Waals surface area contributed by atoms with Crippen molar-refractivity contribution >= 4 is 29.4 Å². The number of nitrogens with one attached hydrogen (secondary N) is 4. The second-order valence-electron chi connectivity index (χ2n) is 9.79. The van der Waals surface area contributed by atoms with Crippen molar-refractivity contribution in [1.29, 1.82) is 0 Å². The zero-order chi connectivity index (χ0) is 25.5. The second-order valence-corrected chi connectivity index (χ2v) is 10.9. The summed E-state index contributed by atoms with van der Waals surface area (Å²) >= 11 is 1.51. The Hall–Kier alpha value is -3.05. The molecule has 4 aliphatic rings. The van der Waals surface area contributed by atoms with Gasteiger partial charge in [0.2, 0.25) is 0 Å². The second kappa shape index (κ2) is 10.0. The Balaban J connectivity index is 1.25. The maximum absolute atomic E-state index is 13.5. The molecule has 0 aliphatic carbocycles. The van der Waals surface area contributed by atoms with Crippen LogP contribution in [0.5, 0.6) is 11.5 Å². The third-order valence-electron chi connectivity index (χ3n) is 7.53. The Morgan fingerprint density at radius 1 is 1.14 bits per heavy atom. The highest BCUT2D eigenvalue weighted by atomic mass is 32.2. The molecule has 3 unspecified atom stereocenters. The van der Waals surface area contributed by atoms with Crippen LogP contribution in [0.3, 0.4) is 0 Å². The molecule has 2 aromatic rings. The fourth-order valence-corrected chi connectivity index (χ4v) is 7.17. The number of carbonyl (C=O) groups is 2. The molecule has 0 radical (unpaired) electrons. The Kier molecular flexibility index (Phi) is 6.58. The molecule has 9 nitrogen and oxygen atoms in total. The number of rotatable bonds is 6. The third kappa shape index (κ3) is 4.48. The first kappa shape index (κ1) is 24.3. The number of ether oxygens (including phenoxy) is 2. The van der Waals surface area contributed by atoms with Crippen LogP contribution < -0.4 is 30.9 Å². The van der Waals surface area contributed by atoms with Crippen molar-refractivity contribution in [1.82, 2.24) is 21.3 Å². The number of benzene rings is 2. The van der Waals surface area contributed by atoms with Crippen molar-refractivity contribution in [2.75, 3.05) is 31.6 Å². The van der Waals surface area contributed by atoms with Crippen LogP contribution in [0.4, 0.5) is 10.5 Å². The summed E-state index contributed by atoms with van der Waals surface area (Å²) in [5.41, 5.74) is 2.53. The van der Waals surface area contributed by atoms with E-state index in [0.717, 1.165) is 41.4 Å². The lowest BCUT2D eigenvalue weighted by Gasteiger charge is -2.46. The predicted molar refractivity (Wildman–Crippen MR) is 143 cm³/mol. The highest BCUT2D eigenvalue weighted by molar-refractivity contribution is 8.04. The van der Waals surface area contributed by atoms with Crippen molar-refractivity contribution in [2.24, 2.45) is 5.92 Å². The number of hydrogen-bond donors (Lipinski definition) is 4. The van der Waals surface area contributed by atoms with Gasteiger partial charge in [-0.15, -0.1) is 0 Å². The SMILES string of the molecule is CO[C@@H]1CNC[C@@H]1NC(=O)C1=C2NC(=O)N(c3ccc(Oc4ccccc4)cc3C)C3CCNC(S1)C23. The lowest BCUT2D eigenvalue weighted by molar-refractivity contribution is -0.118. The fourth-order valence-electron chi connectivity index (χ4n) is 5.77. The molecule has 3 fully saturated rings. The minimum atomic E-state index is -0.207. The Morgan fingerprint density at radius 3 is 2.76 bits per heavy atom. The summed E-state index contributed by atoms with van der Waals surface area (Å²) < 4.78 is 11.5. The van der Waals surface area contributed by atoms with Crippen LogP contribution in [-0.2, 0) is 9.53 Å². The van der Waals surface area contributed by atoms with E-state index >= 15 is 0 Å². The molecule has 10 heteroatoms. The van der Waals surface area contributed by atoms with Crippen molar-refractivity contribution in [3.8, 4) is 11.5 Å². The molecule has 0 spiro atoms. The molecule has 0 saturated carbocycles. The summed E-state index contributed by atoms with van der Waals surface area (Å²) in [6.07, 6.45) is 0.732. The number of anilines is 1. The highest BCUT2D eigenvalue weighted by Gasteiger charge is 2.52. The number of amides is 3. The molecule has 0 bridgehead atoms. The summed E-state index contributed by atoms with van der Waals surface area (Å²) in [5, 5.41) is 13.0. The van der Waals surface area contributed by atoms with Gasteiger partial charge in [0.1, 0.15) is 11.5 Å². The number of thioether (sulfide) groups is 1. The van der Waals surface area contributed by atoms with Gasteiger partial charge in [-0.05, 0) is 55.8 Å². The number of methoxy groups -OCH3 is 1. The van der Waals surface area contributed by atoms with Crippen LogP contribution in [0, 0.1) is 12.8 Å². The van der Waals surface area contributed by atoms with Crippen molar-refractivity contribution < 1.29 is 19.1 Å². The van der Waals surface area contributed by atoms with Gasteiger partial charge in [-0.25, -0.2) is 4.79 Å². The number of aryl methyl sites for hydroxylation is 1. The van der Waals surface area contributed by atoms with Crippen molar-refractivity contribution in [3.05, 3.63) is 64.7 Å². The normalized spacial score (nSPS) is 28.6. The maximum Gasteiger partial charge on any atom is 0.326 e. The number of carbonyl (C=O) groups excluding carboxylic acids is 2. The monoisotopic (exact) mass is 521 g/mol. The summed E-state index contributed by atoms with van der Waals surface area (Å²) in [6.45, 7) is 4.14. The van der Waals surface area contributed by atoms with Crippen LogP contribution in [-0.4, -0.2) is 62.2 Å². The molecule has 2 aromatic carbocycles. The predicted octanol–water partition coefficient (Wildman–Crippen LogP) is 2.68. The minimum absolute atomic E-state index is 0.00299. The molecule has 5 atom stereocenters. The van der Waals surface area contributed by atoms with Gasteiger partial charge in [-0.1, -0.05) is 30.0 Å². The summed E-state index contributed by atoms with van der Waals surface area (Å²) in [5.74, 6) is 1.33. The van der Waals surface area contributed by atoms with Crippen LogP contribution in [0.2, 0.25) is 0 Å². The average Bonchev–Trinajstić information content (AvgIpc) is 3.50. The van der Waals surface area contributed by atoms with E-state index in [1.165, 1.54) is 11.8 Å². The minimum Gasteiger partial charge on any atom is -0.457 e. The van der Waals surface area contributed by atoms with E-state index in [0.29, 0.717) is 18.0 Å². The van der Waals surface area contributed by atoms with Gasteiger partial charge in [0.05, 0.1) is 28.5 Å². The number of hydrogen-bond acceptors (Lipinski definition) is 7. The van der Waals surface area contributed by atoms with E-state index in [-0.39, 0.29) is 41.4 Å². The number of nitrogens with zero attached hydrogens (tertiary/aromatic N) is 1. The lowest BCUT2D eigenvalue weighted by Crippen LogP contribution is -2.62. The van der Waals surface area contributed by atoms with Gasteiger partial charge in [0.25, 0.3) is 5.91 Å². The molecule has 4 heterocycles. The van der Waals surface area contributed by atoms with E-state index in [2.05, 4.69) is 21.3 Å². The van der Waals surface area contributed by atoms with Gasteiger partial charge in [0.15, 0.2) is 0 Å². The van der Waals surface area contributed by atoms with Gasteiger partial charge < -0.3 is 30.7 Å². The van der Waals surface area contributed by atoms with E-state index < -0.39 is 0 Å². The standard InChI is InChI=1S/C27H31N5O4S/c1-15-12-17(36-16-6-4-3-5-7-16)8-9-19(15)32-20-10-11-29-26-22(20)23(31-27(32)34)24(37-26)25(33)30-18-13-28-14-21(18)35-2/h3-9,12,18,20-22,26,28-29H,10-11,13-14H2,1-2H3,(H,30,33)(H,31,34)/t18-,20?,21+,22?,26?/m0/s1. The van der Waals surface area contributed by atoms with Crippen molar-refractivity contribution in [3.63, 3.8) is 0 Å². The van der Waals surface area contributed by atoms with E-state index in [9.17, 15) is 9.59 Å². The van der Waals surface area contributed by atoms with Crippen molar-refractivity contribution in [2.45, 2.75) is 36.9 Å².